The van der Waals surface area contributed by atoms with Gasteiger partial charge in [-0.2, -0.15) is 18.6 Å². The number of pyridine rings is 1. The molecule has 3 rings (SSSR count). The van der Waals surface area contributed by atoms with Crippen molar-refractivity contribution in [2.75, 3.05) is 6.26 Å². The van der Waals surface area contributed by atoms with E-state index in [1.165, 1.54) is 0 Å². The number of aromatic nitrogens is 3. The molecule has 0 amide bonds. The number of nitrogens with zero attached hydrogens (tertiary/aromatic N) is 3. The van der Waals surface area contributed by atoms with Gasteiger partial charge in [-0.1, -0.05) is 6.07 Å². The van der Waals surface area contributed by atoms with Crippen molar-refractivity contribution in [1.82, 2.24) is 15.2 Å². The Kier molecular flexibility index (Phi) is 4.06. The molecule has 3 aromatic rings. The van der Waals surface area contributed by atoms with E-state index < -0.39 is 10.1 Å². The molecule has 0 saturated carbocycles. The summed E-state index contributed by atoms with van der Waals surface area (Å²) in [6.07, 6.45) is 5.72. The van der Waals surface area contributed by atoms with E-state index in [2.05, 4.69) is 15.2 Å². The Labute approximate surface area is 115 Å². The fraction of sp³-hybridized carbons (Fsp3) is 0.0833. The molecule has 0 fully saturated rings. The maximum absolute atomic E-state index is 9.19. The minimum Gasteiger partial charge on any atom is -0.453 e. The van der Waals surface area contributed by atoms with E-state index in [9.17, 15) is 8.42 Å². The van der Waals surface area contributed by atoms with E-state index in [0.717, 1.165) is 22.4 Å². The molecular weight excluding hydrogens is 282 g/mol. The molecule has 0 aliphatic carbocycles. The van der Waals surface area contributed by atoms with Crippen molar-refractivity contribution < 1.29 is 17.4 Å². The topological polar surface area (TPSA) is 106 Å². The van der Waals surface area contributed by atoms with Crippen LogP contribution in [0.2, 0.25) is 0 Å². The van der Waals surface area contributed by atoms with Gasteiger partial charge >= 0.3 is 0 Å². The average molecular weight is 293 g/mol. The van der Waals surface area contributed by atoms with Crippen molar-refractivity contribution in [3.05, 3.63) is 42.9 Å². The number of fused-ring (bicyclic) bond motifs is 1. The predicted octanol–water partition coefficient (Wildman–Crippen LogP) is 1.79. The smallest absolute Gasteiger partial charge is 0.261 e. The van der Waals surface area contributed by atoms with Crippen LogP contribution >= 0.6 is 0 Å². The van der Waals surface area contributed by atoms with Crippen LogP contribution in [-0.2, 0) is 10.1 Å². The third-order valence-electron chi connectivity index (χ3n) is 2.15. The van der Waals surface area contributed by atoms with Gasteiger partial charge in [0.2, 0.25) is 0 Å². The van der Waals surface area contributed by atoms with Gasteiger partial charge in [-0.3, -0.25) is 9.54 Å². The first-order valence-corrected chi connectivity index (χ1v) is 7.32. The Morgan fingerprint density at radius 1 is 1.20 bits per heavy atom. The first-order chi connectivity index (χ1) is 9.43. The summed E-state index contributed by atoms with van der Waals surface area (Å²) in [5.41, 5.74) is 1.54. The third-order valence-corrected chi connectivity index (χ3v) is 2.15. The molecule has 0 aliphatic rings. The molecular formula is C12H11N3O4S. The largest absolute Gasteiger partial charge is 0.453 e. The molecule has 0 bridgehead atoms. The Hall–Kier alpha value is -2.32. The molecule has 3 aromatic heterocycles. The minimum atomic E-state index is -3.67. The zero-order chi connectivity index (χ0) is 14.6. The monoisotopic (exact) mass is 293 g/mol. The Bertz CT molecular complexity index is 759. The molecule has 0 spiro atoms. The van der Waals surface area contributed by atoms with Crippen molar-refractivity contribution in [3.63, 3.8) is 0 Å². The highest BCUT2D eigenvalue weighted by atomic mass is 32.2. The highest BCUT2D eigenvalue weighted by Crippen LogP contribution is 2.24. The highest BCUT2D eigenvalue weighted by molar-refractivity contribution is 7.85. The summed E-state index contributed by atoms with van der Waals surface area (Å²) in [7, 11) is -3.67. The molecule has 1 N–H and O–H groups in total. The molecule has 0 aliphatic heterocycles. The maximum atomic E-state index is 9.19. The standard InChI is InChI=1S/C11H7N3O.CH4O3S/c1-2-4-12-9(3-1)10-5-8-6-13-14-7-11(8)15-10;1-5(2,3)4/h1-7H;1H3,(H,2,3,4). The maximum Gasteiger partial charge on any atom is 0.261 e. The van der Waals surface area contributed by atoms with Crippen molar-refractivity contribution in [3.8, 4) is 11.5 Å². The number of rotatable bonds is 1. The zero-order valence-electron chi connectivity index (χ0n) is 10.5. The minimum absolute atomic E-state index is 0.715. The average Bonchev–Trinajstić information content (AvgIpc) is 2.81. The van der Waals surface area contributed by atoms with E-state index in [1.807, 2.05) is 24.3 Å². The SMILES string of the molecule is CS(=O)(=O)O.c1ccc(-c2cc3cnncc3o2)nc1. The summed E-state index contributed by atoms with van der Waals surface area (Å²) in [5, 5.41) is 8.48. The van der Waals surface area contributed by atoms with Gasteiger partial charge in [0, 0.05) is 11.6 Å². The van der Waals surface area contributed by atoms with Crippen molar-refractivity contribution >= 4 is 21.1 Å². The molecule has 0 saturated heterocycles. The second kappa shape index (κ2) is 5.76. The molecule has 0 aromatic carbocycles. The number of furan rings is 1. The molecule has 104 valence electrons. The van der Waals surface area contributed by atoms with Crippen molar-refractivity contribution in [2.24, 2.45) is 0 Å². The van der Waals surface area contributed by atoms with Crippen molar-refractivity contribution in [2.45, 2.75) is 0 Å². The summed E-state index contributed by atoms with van der Waals surface area (Å²) < 4.78 is 31.5. The van der Waals surface area contributed by atoms with E-state index in [4.69, 9.17) is 8.97 Å². The van der Waals surface area contributed by atoms with Gasteiger partial charge < -0.3 is 4.42 Å². The van der Waals surface area contributed by atoms with Crippen LogP contribution in [0.4, 0.5) is 0 Å². The molecule has 8 heteroatoms. The quantitative estimate of drug-likeness (QED) is 0.681. The van der Waals surface area contributed by atoms with Gasteiger partial charge in [0.25, 0.3) is 10.1 Å². The first-order valence-electron chi connectivity index (χ1n) is 5.47. The van der Waals surface area contributed by atoms with E-state index in [1.54, 1.807) is 18.6 Å². The molecule has 0 atom stereocenters. The van der Waals surface area contributed by atoms with Crippen LogP contribution in [0.25, 0.3) is 22.4 Å². The normalized spacial score (nSPS) is 10.9. The Balaban J connectivity index is 0.000000257. The summed E-state index contributed by atoms with van der Waals surface area (Å²) in [5.74, 6) is 0.736. The second-order valence-electron chi connectivity index (χ2n) is 3.87. The molecule has 7 nitrogen and oxygen atoms in total. The van der Waals surface area contributed by atoms with Crippen LogP contribution in [-0.4, -0.2) is 34.4 Å². The van der Waals surface area contributed by atoms with Gasteiger partial charge in [0.05, 0.1) is 18.6 Å². The van der Waals surface area contributed by atoms with Crippen LogP contribution in [0.3, 0.4) is 0 Å². The van der Waals surface area contributed by atoms with E-state index >= 15 is 0 Å². The third kappa shape index (κ3) is 4.11. The summed E-state index contributed by atoms with van der Waals surface area (Å²) in [6.45, 7) is 0. The highest BCUT2D eigenvalue weighted by Gasteiger charge is 2.06. The predicted molar refractivity (Wildman–Crippen MR) is 72.5 cm³/mol. The summed E-state index contributed by atoms with van der Waals surface area (Å²) >= 11 is 0. The lowest BCUT2D eigenvalue weighted by molar-refractivity contribution is 0.490. The molecule has 0 radical (unpaired) electrons. The second-order valence-corrected chi connectivity index (χ2v) is 5.33. The van der Waals surface area contributed by atoms with Crippen LogP contribution in [0.5, 0.6) is 0 Å². The fourth-order valence-electron chi connectivity index (χ4n) is 1.44. The number of hydrogen-bond donors (Lipinski definition) is 1. The van der Waals surface area contributed by atoms with Crippen molar-refractivity contribution in [1.29, 1.82) is 0 Å². The van der Waals surface area contributed by atoms with Gasteiger partial charge in [0.15, 0.2) is 11.3 Å². The lowest BCUT2D eigenvalue weighted by atomic mass is 10.2. The Morgan fingerprint density at radius 2 is 1.90 bits per heavy atom. The summed E-state index contributed by atoms with van der Waals surface area (Å²) in [6, 6.07) is 7.60. The van der Waals surface area contributed by atoms with Gasteiger partial charge in [-0.05, 0) is 18.2 Å². The van der Waals surface area contributed by atoms with Crippen LogP contribution < -0.4 is 0 Å². The van der Waals surface area contributed by atoms with Crippen LogP contribution in [0.1, 0.15) is 0 Å². The fourth-order valence-corrected chi connectivity index (χ4v) is 1.44. The Morgan fingerprint density at radius 3 is 2.50 bits per heavy atom. The molecule has 3 heterocycles. The molecule has 20 heavy (non-hydrogen) atoms. The first kappa shape index (κ1) is 14.1. The molecule has 0 unspecified atom stereocenters. The van der Waals surface area contributed by atoms with E-state index in [0.29, 0.717) is 6.26 Å². The van der Waals surface area contributed by atoms with E-state index in [-0.39, 0.29) is 0 Å². The number of hydrogen-bond acceptors (Lipinski definition) is 6. The van der Waals surface area contributed by atoms with Crippen LogP contribution in [0, 0.1) is 0 Å². The van der Waals surface area contributed by atoms with Gasteiger partial charge in [0.1, 0.15) is 5.69 Å². The lowest BCUT2D eigenvalue weighted by Crippen LogP contribution is -1.88. The van der Waals surface area contributed by atoms with Gasteiger partial charge in [-0.25, -0.2) is 0 Å². The van der Waals surface area contributed by atoms with Gasteiger partial charge in [-0.15, -0.1) is 0 Å². The zero-order valence-corrected chi connectivity index (χ0v) is 11.3. The lowest BCUT2D eigenvalue weighted by Gasteiger charge is -1.92. The summed E-state index contributed by atoms with van der Waals surface area (Å²) in [4.78, 5) is 4.21. The van der Waals surface area contributed by atoms with Crippen LogP contribution in [0.15, 0.2) is 47.3 Å².